The van der Waals surface area contributed by atoms with E-state index >= 15 is 0 Å². The number of hydrogen-bond donors (Lipinski definition) is 0. The van der Waals surface area contributed by atoms with Gasteiger partial charge in [0.2, 0.25) is 0 Å². The third-order valence-corrected chi connectivity index (χ3v) is 1.80. The minimum atomic E-state index is -0.150. The van der Waals surface area contributed by atoms with Crippen LogP contribution in [0.2, 0.25) is 0 Å². The fraction of sp³-hybridized carbons (Fsp3) is 0.900. The molecule has 0 bridgehead atoms. The van der Waals surface area contributed by atoms with Gasteiger partial charge in [0.25, 0.3) is 0 Å². The Morgan fingerprint density at radius 2 is 1.64 bits per heavy atom. The molecular weight excluding hydrogens is 139 g/mol. The van der Waals surface area contributed by atoms with E-state index in [0.29, 0.717) is 0 Å². The second kappa shape index (κ2) is 9.93. The lowest BCUT2D eigenvalue weighted by Crippen LogP contribution is -1.81. The van der Waals surface area contributed by atoms with Gasteiger partial charge >= 0.3 is 0 Å². The summed E-state index contributed by atoms with van der Waals surface area (Å²) in [5.41, 5.74) is 0. The van der Waals surface area contributed by atoms with Crippen LogP contribution in [0.4, 0.5) is 4.39 Å². The van der Waals surface area contributed by atoms with Crippen LogP contribution >= 0.6 is 0 Å². The van der Waals surface area contributed by atoms with Gasteiger partial charge in [-0.3, -0.25) is 4.39 Å². The monoisotopic (exact) mass is 159 g/mol. The lowest BCUT2D eigenvalue weighted by atomic mass is 10.1. The highest BCUT2D eigenvalue weighted by atomic mass is 19.1. The van der Waals surface area contributed by atoms with Crippen LogP contribution < -0.4 is 0 Å². The molecule has 0 unspecified atom stereocenters. The summed E-state index contributed by atoms with van der Waals surface area (Å²) in [5, 5.41) is 0. The first-order valence-electron chi connectivity index (χ1n) is 4.79. The zero-order valence-electron chi connectivity index (χ0n) is 7.61. The van der Waals surface area contributed by atoms with Crippen molar-refractivity contribution in [1.82, 2.24) is 0 Å². The highest BCUT2D eigenvalue weighted by Gasteiger charge is 1.90. The SMILES string of the molecule is CCCCC[CH]CCCCF. The van der Waals surface area contributed by atoms with E-state index in [9.17, 15) is 4.39 Å². The van der Waals surface area contributed by atoms with Crippen molar-refractivity contribution < 1.29 is 4.39 Å². The molecule has 0 aromatic heterocycles. The van der Waals surface area contributed by atoms with Crippen molar-refractivity contribution >= 4 is 0 Å². The van der Waals surface area contributed by atoms with Crippen molar-refractivity contribution in [3.05, 3.63) is 6.42 Å². The molecule has 0 aliphatic heterocycles. The van der Waals surface area contributed by atoms with E-state index in [1.54, 1.807) is 0 Å². The Morgan fingerprint density at radius 1 is 1.00 bits per heavy atom. The Morgan fingerprint density at radius 3 is 2.18 bits per heavy atom. The summed E-state index contributed by atoms with van der Waals surface area (Å²) in [6.45, 7) is 2.06. The first-order valence-corrected chi connectivity index (χ1v) is 4.79. The van der Waals surface area contributed by atoms with Gasteiger partial charge < -0.3 is 0 Å². The predicted octanol–water partition coefficient (Wildman–Crippen LogP) is 3.91. The van der Waals surface area contributed by atoms with Gasteiger partial charge in [0, 0.05) is 0 Å². The summed E-state index contributed by atoms with van der Waals surface area (Å²) in [4.78, 5) is 0. The molecule has 1 radical (unpaired) electrons. The van der Waals surface area contributed by atoms with Gasteiger partial charge in [0.05, 0.1) is 6.67 Å². The van der Waals surface area contributed by atoms with E-state index in [2.05, 4.69) is 13.3 Å². The van der Waals surface area contributed by atoms with Gasteiger partial charge in [-0.05, 0) is 12.8 Å². The summed E-state index contributed by atoms with van der Waals surface area (Å²) < 4.78 is 11.6. The topological polar surface area (TPSA) is 0 Å². The van der Waals surface area contributed by atoms with Crippen LogP contribution in [-0.2, 0) is 0 Å². The molecule has 0 aliphatic carbocycles. The van der Waals surface area contributed by atoms with E-state index in [0.717, 1.165) is 19.3 Å². The Bertz CT molecular complexity index is 53.9. The minimum absolute atomic E-state index is 0.150. The smallest absolute Gasteiger partial charge is 0.0894 e. The standard InChI is InChI=1S/C10H20F/c1-2-3-4-5-6-7-8-9-10-11/h6H,2-5,7-10H2,1H3. The summed E-state index contributed by atoms with van der Waals surface area (Å²) in [5.74, 6) is 0. The molecule has 0 rings (SSSR count). The Labute approximate surface area is 70.2 Å². The van der Waals surface area contributed by atoms with Crippen LogP contribution in [0.1, 0.15) is 51.9 Å². The molecule has 0 atom stereocenters. The van der Waals surface area contributed by atoms with Crippen LogP contribution in [-0.4, -0.2) is 6.67 Å². The molecule has 0 fully saturated rings. The average molecular weight is 159 g/mol. The first-order chi connectivity index (χ1) is 5.41. The molecule has 11 heavy (non-hydrogen) atoms. The normalized spacial score (nSPS) is 10.4. The van der Waals surface area contributed by atoms with E-state index in [1.165, 1.54) is 25.7 Å². The molecule has 0 spiro atoms. The summed E-state index contributed by atoms with van der Waals surface area (Å²) in [7, 11) is 0. The van der Waals surface area contributed by atoms with E-state index < -0.39 is 0 Å². The largest absolute Gasteiger partial charge is 0.251 e. The van der Waals surface area contributed by atoms with Gasteiger partial charge in [-0.2, -0.15) is 0 Å². The number of alkyl halides is 1. The van der Waals surface area contributed by atoms with E-state index in [-0.39, 0.29) is 6.67 Å². The fourth-order valence-corrected chi connectivity index (χ4v) is 1.07. The lowest BCUT2D eigenvalue weighted by molar-refractivity contribution is 0.460. The maximum atomic E-state index is 11.6. The maximum absolute atomic E-state index is 11.6. The van der Waals surface area contributed by atoms with Crippen molar-refractivity contribution in [2.45, 2.75) is 51.9 Å². The molecule has 0 aliphatic rings. The van der Waals surface area contributed by atoms with Crippen LogP contribution in [0, 0.1) is 6.42 Å². The van der Waals surface area contributed by atoms with Crippen LogP contribution in [0.15, 0.2) is 0 Å². The van der Waals surface area contributed by atoms with Gasteiger partial charge in [-0.25, -0.2) is 0 Å². The van der Waals surface area contributed by atoms with Crippen LogP contribution in [0.25, 0.3) is 0 Å². The molecule has 0 heterocycles. The second-order valence-corrected chi connectivity index (χ2v) is 2.97. The molecule has 67 valence electrons. The van der Waals surface area contributed by atoms with Crippen molar-refractivity contribution in [3.63, 3.8) is 0 Å². The quantitative estimate of drug-likeness (QED) is 0.471. The van der Waals surface area contributed by atoms with Crippen molar-refractivity contribution in [2.75, 3.05) is 6.67 Å². The lowest BCUT2D eigenvalue weighted by Gasteiger charge is -1.98. The van der Waals surface area contributed by atoms with Crippen molar-refractivity contribution in [1.29, 1.82) is 0 Å². The second-order valence-electron chi connectivity index (χ2n) is 2.97. The number of hydrogen-bond acceptors (Lipinski definition) is 0. The summed E-state index contributed by atoms with van der Waals surface area (Å²) in [6.07, 6.45) is 10.3. The molecule has 0 nitrogen and oxygen atoms in total. The minimum Gasteiger partial charge on any atom is -0.251 e. The molecule has 0 saturated heterocycles. The third-order valence-electron chi connectivity index (χ3n) is 1.80. The number of rotatable bonds is 8. The number of halogens is 1. The molecule has 0 aromatic rings. The zero-order valence-corrected chi connectivity index (χ0v) is 7.61. The highest BCUT2D eigenvalue weighted by Crippen LogP contribution is 2.06. The van der Waals surface area contributed by atoms with Gasteiger partial charge in [-0.15, -0.1) is 0 Å². The molecule has 0 saturated carbocycles. The predicted molar refractivity (Wildman–Crippen MR) is 48.3 cm³/mol. The van der Waals surface area contributed by atoms with Crippen LogP contribution in [0.3, 0.4) is 0 Å². The zero-order chi connectivity index (χ0) is 8.36. The van der Waals surface area contributed by atoms with E-state index in [1.807, 2.05) is 0 Å². The van der Waals surface area contributed by atoms with Crippen molar-refractivity contribution in [2.24, 2.45) is 0 Å². The van der Waals surface area contributed by atoms with Crippen molar-refractivity contribution in [3.8, 4) is 0 Å². The van der Waals surface area contributed by atoms with Gasteiger partial charge in [-0.1, -0.05) is 45.4 Å². The average Bonchev–Trinajstić information content (AvgIpc) is 2.03. The fourth-order valence-electron chi connectivity index (χ4n) is 1.07. The maximum Gasteiger partial charge on any atom is 0.0894 e. The third kappa shape index (κ3) is 9.93. The highest BCUT2D eigenvalue weighted by molar-refractivity contribution is 4.63. The summed E-state index contributed by atoms with van der Waals surface area (Å²) in [6, 6.07) is 0. The molecule has 0 aromatic carbocycles. The number of unbranched alkanes of at least 4 members (excludes halogenated alkanes) is 7. The van der Waals surface area contributed by atoms with Gasteiger partial charge in [0.15, 0.2) is 0 Å². The molecule has 0 N–H and O–H groups in total. The Kier molecular flexibility index (Phi) is 9.87. The Balaban J connectivity index is 2.69. The van der Waals surface area contributed by atoms with Crippen LogP contribution in [0.5, 0.6) is 0 Å². The summed E-state index contributed by atoms with van der Waals surface area (Å²) >= 11 is 0. The molecular formula is C10H20F. The molecule has 1 heteroatoms. The molecule has 0 amide bonds. The van der Waals surface area contributed by atoms with E-state index in [4.69, 9.17) is 0 Å². The Hall–Kier alpha value is -0.0700. The van der Waals surface area contributed by atoms with Gasteiger partial charge in [0.1, 0.15) is 0 Å². The first kappa shape index (κ1) is 10.9.